The molecule has 88 valence electrons. The van der Waals surface area contributed by atoms with Crippen LogP contribution in [-0.2, 0) is 6.54 Å². The molecule has 0 atom stereocenters. The number of benzene rings is 1. The van der Waals surface area contributed by atoms with E-state index in [-0.39, 0.29) is 0 Å². The lowest BCUT2D eigenvalue weighted by atomic mass is 10.2. The van der Waals surface area contributed by atoms with Gasteiger partial charge in [-0.2, -0.15) is 0 Å². The van der Waals surface area contributed by atoms with E-state index in [9.17, 15) is 0 Å². The Morgan fingerprint density at radius 1 is 1.29 bits per heavy atom. The predicted octanol–water partition coefficient (Wildman–Crippen LogP) is 2.28. The number of anilines is 2. The first kappa shape index (κ1) is 11.3. The van der Waals surface area contributed by atoms with Crippen LogP contribution in [0.15, 0.2) is 42.6 Å². The molecule has 3 N–H and O–H groups in total. The molecular formula is C13H15N3O. The molecule has 1 aromatic carbocycles. The number of aromatic nitrogens is 1. The molecule has 0 aliphatic carbocycles. The minimum atomic E-state index is 0.537. The molecule has 2 aromatic rings. The third-order valence-electron chi connectivity index (χ3n) is 2.41. The lowest BCUT2D eigenvalue weighted by Gasteiger charge is -2.08. The molecule has 4 nitrogen and oxygen atoms in total. The van der Waals surface area contributed by atoms with Crippen LogP contribution in [0.1, 0.15) is 5.56 Å². The second-order valence-electron chi connectivity index (χ2n) is 3.67. The molecule has 0 saturated heterocycles. The van der Waals surface area contributed by atoms with Crippen molar-refractivity contribution < 1.29 is 4.74 Å². The smallest absolute Gasteiger partial charge is 0.123 e. The molecule has 0 fully saturated rings. The lowest BCUT2D eigenvalue weighted by molar-refractivity contribution is 0.415. The van der Waals surface area contributed by atoms with Crippen LogP contribution in [0.5, 0.6) is 5.75 Å². The first-order chi connectivity index (χ1) is 8.28. The van der Waals surface area contributed by atoms with Crippen LogP contribution in [0, 0.1) is 0 Å². The quantitative estimate of drug-likeness (QED) is 0.844. The number of ether oxygens (including phenoxy) is 1. The largest absolute Gasteiger partial charge is 0.497 e. The van der Waals surface area contributed by atoms with E-state index >= 15 is 0 Å². The van der Waals surface area contributed by atoms with E-state index in [4.69, 9.17) is 10.5 Å². The van der Waals surface area contributed by atoms with Crippen LogP contribution in [0.4, 0.5) is 11.5 Å². The highest BCUT2D eigenvalue weighted by atomic mass is 16.5. The third-order valence-corrected chi connectivity index (χ3v) is 2.41. The number of hydrogen-bond acceptors (Lipinski definition) is 4. The van der Waals surface area contributed by atoms with Gasteiger partial charge in [0.2, 0.25) is 0 Å². The Labute approximate surface area is 100 Å². The first-order valence-electron chi connectivity index (χ1n) is 5.36. The zero-order valence-corrected chi connectivity index (χ0v) is 9.68. The maximum Gasteiger partial charge on any atom is 0.123 e. The second-order valence-corrected chi connectivity index (χ2v) is 3.67. The van der Waals surface area contributed by atoms with E-state index in [0.29, 0.717) is 12.4 Å². The molecule has 2 rings (SSSR count). The molecular weight excluding hydrogens is 214 g/mol. The van der Waals surface area contributed by atoms with Gasteiger partial charge in [-0.05, 0) is 29.8 Å². The monoisotopic (exact) mass is 229 g/mol. The van der Waals surface area contributed by atoms with Crippen molar-refractivity contribution in [2.24, 2.45) is 0 Å². The normalized spacial score (nSPS) is 9.94. The third kappa shape index (κ3) is 3.11. The summed E-state index contributed by atoms with van der Waals surface area (Å²) in [4.78, 5) is 3.95. The van der Waals surface area contributed by atoms with Gasteiger partial charge < -0.3 is 15.8 Å². The fourth-order valence-corrected chi connectivity index (χ4v) is 1.54. The van der Waals surface area contributed by atoms with Crippen LogP contribution in [0.2, 0.25) is 0 Å². The van der Waals surface area contributed by atoms with Crippen LogP contribution < -0.4 is 15.8 Å². The van der Waals surface area contributed by atoms with E-state index in [1.54, 1.807) is 13.3 Å². The van der Waals surface area contributed by atoms with Crippen LogP contribution in [0.25, 0.3) is 0 Å². The zero-order chi connectivity index (χ0) is 12.1. The predicted molar refractivity (Wildman–Crippen MR) is 69.0 cm³/mol. The van der Waals surface area contributed by atoms with Crippen molar-refractivity contribution in [2.75, 3.05) is 18.2 Å². The van der Waals surface area contributed by atoms with E-state index in [1.165, 1.54) is 0 Å². The minimum absolute atomic E-state index is 0.537. The van der Waals surface area contributed by atoms with Gasteiger partial charge in [-0.15, -0.1) is 0 Å². The summed E-state index contributed by atoms with van der Waals surface area (Å²) >= 11 is 0. The molecule has 17 heavy (non-hydrogen) atoms. The van der Waals surface area contributed by atoms with Crippen LogP contribution in [-0.4, -0.2) is 12.1 Å². The maximum atomic E-state index is 5.61. The van der Waals surface area contributed by atoms with Gasteiger partial charge in [0.15, 0.2) is 0 Å². The highest BCUT2D eigenvalue weighted by Gasteiger charge is 1.97. The summed E-state index contributed by atoms with van der Waals surface area (Å²) in [6.07, 6.45) is 1.71. The van der Waals surface area contributed by atoms with Crippen molar-refractivity contribution >= 4 is 11.5 Å². The van der Waals surface area contributed by atoms with Crippen molar-refractivity contribution in [3.05, 3.63) is 48.2 Å². The molecule has 0 bridgehead atoms. The molecule has 0 saturated carbocycles. The Bertz CT molecular complexity index is 500. The van der Waals surface area contributed by atoms with Crippen LogP contribution in [0.3, 0.4) is 0 Å². The van der Waals surface area contributed by atoms with Gasteiger partial charge in [-0.1, -0.05) is 6.07 Å². The summed E-state index contributed by atoms with van der Waals surface area (Å²) in [7, 11) is 1.66. The molecule has 1 heterocycles. The molecule has 0 unspecified atom stereocenters. The van der Waals surface area contributed by atoms with Gasteiger partial charge in [-0.25, -0.2) is 4.98 Å². The summed E-state index contributed by atoms with van der Waals surface area (Å²) in [5.41, 5.74) is 7.73. The Morgan fingerprint density at radius 2 is 2.18 bits per heavy atom. The van der Waals surface area contributed by atoms with E-state index in [2.05, 4.69) is 10.3 Å². The molecule has 4 heteroatoms. The van der Waals surface area contributed by atoms with E-state index < -0.39 is 0 Å². The number of nitrogens with zero attached hydrogens (tertiary/aromatic N) is 1. The second kappa shape index (κ2) is 5.21. The number of hydrogen-bond donors (Lipinski definition) is 2. The molecule has 0 aliphatic heterocycles. The summed E-state index contributed by atoms with van der Waals surface area (Å²) in [5, 5.41) is 3.30. The van der Waals surface area contributed by atoms with E-state index in [0.717, 1.165) is 17.0 Å². The number of pyridine rings is 1. The van der Waals surface area contributed by atoms with Gasteiger partial charge in [0.1, 0.15) is 11.6 Å². The number of nitrogens with two attached hydrogens (primary N) is 1. The number of methoxy groups -OCH3 is 1. The summed E-state index contributed by atoms with van der Waals surface area (Å²) in [5.74, 6) is 1.37. The minimum Gasteiger partial charge on any atom is -0.497 e. The number of nitrogens with one attached hydrogen (secondary N) is 1. The fourth-order valence-electron chi connectivity index (χ4n) is 1.54. The maximum absolute atomic E-state index is 5.61. The van der Waals surface area contributed by atoms with Gasteiger partial charge in [0.25, 0.3) is 0 Å². The summed E-state index contributed by atoms with van der Waals surface area (Å²) in [6.45, 7) is 0.708. The molecule has 0 radical (unpaired) electrons. The average Bonchev–Trinajstić information content (AvgIpc) is 2.37. The summed E-state index contributed by atoms with van der Waals surface area (Å²) < 4.78 is 5.16. The summed E-state index contributed by atoms with van der Waals surface area (Å²) in [6, 6.07) is 11.6. The van der Waals surface area contributed by atoms with Crippen molar-refractivity contribution in [1.82, 2.24) is 4.98 Å². The Balaban J connectivity index is 2.02. The van der Waals surface area contributed by atoms with E-state index in [1.807, 2.05) is 36.4 Å². The highest BCUT2D eigenvalue weighted by molar-refractivity contribution is 5.48. The van der Waals surface area contributed by atoms with Gasteiger partial charge in [-0.3, -0.25) is 0 Å². The number of rotatable bonds is 4. The van der Waals surface area contributed by atoms with Crippen molar-refractivity contribution in [2.45, 2.75) is 6.54 Å². The molecule has 0 amide bonds. The SMILES string of the molecule is COc1cccc(NCc2ccnc(N)c2)c1. The zero-order valence-electron chi connectivity index (χ0n) is 9.68. The molecule has 0 aliphatic rings. The number of nitrogen functional groups attached to an aromatic ring is 1. The van der Waals surface area contributed by atoms with Crippen LogP contribution >= 0.6 is 0 Å². The van der Waals surface area contributed by atoms with Crippen molar-refractivity contribution in [1.29, 1.82) is 0 Å². The topological polar surface area (TPSA) is 60.2 Å². The Kier molecular flexibility index (Phi) is 3.45. The average molecular weight is 229 g/mol. The first-order valence-corrected chi connectivity index (χ1v) is 5.36. The van der Waals surface area contributed by atoms with Crippen molar-refractivity contribution in [3.8, 4) is 5.75 Å². The standard InChI is InChI=1S/C13H15N3O/c1-17-12-4-2-3-11(8-12)16-9-10-5-6-15-13(14)7-10/h2-8,16H,9H2,1H3,(H2,14,15). The molecule has 1 aromatic heterocycles. The Hall–Kier alpha value is -2.23. The molecule has 0 spiro atoms. The van der Waals surface area contributed by atoms with Gasteiger partial charge in [0, 0.05) is 24.5 Å². The van der Waals surface area contributed by atoms with Crippen molar-refractivity contribution in [3.63, 3.8) is 0 Å². The van der Waals surface area contributed by atoms with Gasteiger partial charge in [0.05, 0.1) is 7.11 Å². The Morgan fingerprint density at radius 3 is 2.94 bits per heavy atom. The van der Waals surface area contributed by atoms with Gasteiger partial charge >= 0.3 is 0 Å². The fraction of sp³-hybridized carbons (Fsp3) is 0.154. The lowest BCUT2D eigenvalue weighted by Crippen LogP contribution is -2.01. The highest BCUT2D eigenvalue weighted by Crippen LogP contribution is 2.17.